The van der Waals surface area contributed by atoms with E-state index in [-0.39, 0.29) is 11.7 Å². The largest absolute Gasteiger partial charge is 0.393 e. The van der Waals surface area contributed by atoms with E-state index in [1.165, 1.54) is 24.3 Å². The van der Waals surface area contributed by atoms with Crippen molar-refractivity contribution < 1.29 is 9.18 Å². The Labute approximate surface area is 105 Å². The third-order valence-electron chi connectivity index (χ3n) is 2.46. The molecule has 0 saturated carbocycles. The van der Waals surface area contributed by atoms with E-state index in [4.69, 9.17) is 18.0 Å². The number of nitrogens with two attached hydrogens (primary N) is 1. The lowest BCUT2D eigenvalue weighted by molar-refractivity contribution is 0.0945. The van der Waals surface area contributed by atoms with Crippen LogP contribution in [0.1, 0.15) is 24.2 Å². The summed E-state index contributed by atoms with van der Waals surface area (Å²) in [5, 5.41) is 2.71. The molecule has 0 aliphatic carbocycles. The van der Waals surface area contributed by atoms with Gasteiger partial charge < -0.3 is 11.1 Å². The van der Waals surface area contributed by atoms with Crippen molar-refractivity contribution in [2.75, 3.05) is 6.54 Å². The molecule has 3 nitrogen and oxygen atoms in total. The molecule has 0 radical (unpaired) electrons. The van der Waals surface area contributed by atoms with E-state index >= 15 is 0 Å². The van der Waals surface area contributed by atoms with Crippen molar-refractivity contribution in [2.45, 2.75) is 13.8 Å². The molecule has 1 aromatic carbocycles. The van der Waals surface area contributed by atoms with E-state index < -0.39 is 5.41 Å². The Balaban J connectivity index is 2.62. The van der Waals surface area contributed by atoms with Crippen LogP contribution < -0.4 is 11.1 Å². The predicted octanol–water partition coefficient (Wildman–Crippen LogP) is 1.87. The lowest BCUT2D eigenvalue weighted by Gasteiger charge is -2.23. The van der Waals surface area contributed by atoms with E-state index in [2.05, 4.69) is 5.32 Å². The van der Waals surface area contributed by atoms with Gasteiger partial charge in [0.2, 0.25) is 0 Å². The summed E-state index contributed by atoms with van der Waals surface area (Å²) in [6, 6.07) is 5.35. The van der Waals surface area contributed by atoms with E-state index in [1.807, 2.05) is 13.8 Å². The number of hydrogen-bond acceptors (Lipinski definition) is 2. The molecule has 92 valence electrons. The first kappa shape index (κ1) is 13.6. The SMILES string of the molecule is CC(C)(CNC(=O)c1ccc(F)cc1)C(N)=S. The van der Waals surface area contributed by atoms with Crippen LogP contribution in [0, 0.1) is 11.2 Å². The first-order chi connectivity index (χ1) is 7.83. The highest BCUT2D eigenvalue weighted by Gasteiger charge is 2.22. The van der Waals surface area contributed by atoms with Crippen LogP contribution >= 0.6 is 12.2 Å². The highest BCUT2D eigenvalue weighted by atomic mass is 32.1. The highest BCUT2D eigenvalue weighted by molar-refractivity contribution is 7.80. The van der Waals surface area contributed by atoms with Gasteiger partial charge in [-0.15, -0.1) is 0 Å². The topological polar surface area (TPSA) is 55.1 Å². The second-order valence-corrected chi connectivity index (χ2v) is 4.88. The van der Waals surface area contributed by atoms with Gasteiger partial charge >= 0.3 is 0 Å². The van der Waals surface area contributed by atoms with Gasteiger partial charge in [0.15, 0.2) is 0 Å². The molecule has 1 rings (SSSR count). The van der Waals surface area contributed by atoms with Crippen molar-refractivity contribution in [1.29, 1.82) is 0 Å². The summed E-state index contributed by atoms with van der Waals surface area (Å²) in [5.41, 5.74) is 5.51. The van der Waals surface area contributed by atoms with E-state index in [1.54, 1.807) is 0 Å². The maximum Gasteiger partial charge on any atom is 0.251 e. The number of nitrogens with one attached hydrogen (secondary N) is 1. The predicted molar refractivity (Wildman–Crippen MR) is 69.3 cm³/mol. The molecule has 0 spiro atoms. The summed E-state index contributed by atoms with van der Waals surface area (Å²) in [7, 11) is 0. The minimum Gasteiger partial charge on any atom is -0.393 e. The Bertz CT molecular complexity index is 429. The zero-order valence-corrected chi connectivity index (χ0v) is 10.6. The lowest BCUT2D eigenvalue weighted by Crippen LogP contribution is -2.41. The van der Waals surface area contributed by atoms with Crippen LogP contribution in [0.3, 0.4) is 0 Å². The molecule has 0 bridgehead atoms. The number of carbonyl (C=O) groups is 1. The molecule has 17 heavy (non-hydrogen) atoms. The lowest BCUT2D eigenvalue weighted by atomic mass is 9.93. The highest BCUT2D eigenvalue weighted by Crippen LogP contribution is 2.13. The quantitative estimate of drug-likeness (QED) is 0.806. The smallest absolute Gasteiger partial charge is 0.251 e. The third-order valence-corrected chi connectivity index (χ3v) is 3.02. The Morgan fingerprint density at radius 1 is 1.41 bits per heavy atom. The van der Waals surface area contributed by atoms with Crippen molar-refractivity contribution in [1.82, 2.24) is 5.32 Å². The third kappa shape index (κ3) is 3.78. The number of benzene rings is 1. The Kier molecular flexibility index (Phi) is 4.17. The standard InChI is InChI=1S/C12H15FN2OS/c1-12(2,11(14)17)7-15-10(16)8-3-5-9(13)6-4-8/h3-6H,7H2,1-2H3,(H2,14,17)(H,15,16). The average Bonchev–Trinajstić information content (AvgIpc) is 2.27. The second-order valence-electron chi connectivity index (χ2n) is 4.44. The maximum absolute atomic E-state index is 12.7. The first-order valence-electron chi connectivity index (χ1n) is 5.16. The molecular formula is C12H15FN2OS. The second kappa shape index (κ2) is 5.23. The zero-order chi connectivity index (χ0) is 13.1. The van der Waals surface area contributed by atoms with Crippen LogP contribution in [0.15, 0.2) is 24.3 Å². The Hall–Kier alpha value is -1.49. The van der Waals surface area contributed by atoms with E-state index in [9.17, 15) is 9.18 Å². The number of carbonyl (C=O) groups excluding carboxylic acids is 1. The summed E-state index contributed by atoms with van der Waals surface area (Å²) in [5.74, 6) is -0.639. The molecule has 0 heterocycles. The summed E-state index contributed by atoms with van der Waals surface area (Å²) >= 11 is 4.89. The minimum atomic E-state index is -0.439. The maximum atomic E-state index is 12.7. The molecular weight excluding hydrogens is 239 g/mol. The Morgan fingerprint density at radius 2 is 1.94 bits per heavy atom. The van der Waals surface area contributed by atoms with Gasteiger partial charge in [-0.1, -0.05) is 26.1 Å². The van der Waals surface area contributed by atoms with Crippen LogP contribution in [-0.4, -0.2) is 17.4 Å². The molecule has 1 amide bonds. The van der Waals surface area contributed by atoms with Gasteiger partial charge in [-0.25, -0.2) is 4.39 Å². The van der Waals surface area contributed by atoms with Crippen LogP contribution in [-0.2, 0) is 0 Å². The van der Waals surface area contributed by atoms with Crippen molar-refractivity contribution in [3.8, 4) is 0 Å². The van der Waals surface area contributed by atoms with Crippen molar-refractivity contribution >= 4 is 23.1 Å². The molecule has 5 heteroatoms. The number of hydrogen-bond donors (Lipinski definition) is 2. The summed E-state index contributed by atoms with van der Waals surface area (Å²) < 4.78 is 12.7. The fourth-order valence-electron chi connectivity index (χ4n) is 1.09. The molecule has 1 aromatic rings. The van der Waals surface area contributed by atoms with Crippen molar-refractivity contribution in [3.05, 3.63) is 35.6 Å². The molecule has 0 atom stereocenters. The van der Waals surface area contributed by atoms with Gasteiger partial charge in [-0.2, -0.15) is 0 Å². The normalized spacial score (nSPS) is 11.0. The van der Waals surface area contributed by atoms with E-state index in [0.29, 0.717) is 17.1 Å². The fourth-order valence-corrected chi connectivity index (χ4v) is 1.16. The van der Waals surface area contributed by atoms with Gasteiger partial charge in [0, 0.05) is 17.5 Å². The summed E-state index contributed by atoms with van der Waals surface area (Å²) in [6.07, 6.45) is 0. The first-order valence-corrected chi connectivity index (χ1v) is 5.57. The Morgan fingerprint density at radius 3 is 2.41 bits per heavy atom. The monoisotopic (exact) mass is 254 g/mol. The number of amides is 1. The number of thiocarbonyl (C=S) groups is 1. The van der Waals surface area contributed by atoms with Gasteiger partial charge in [0.05, 0.1) is 4.99 Å². The molecule has 0 aliphatic rings. The van der Waals surface area contributed by atoms with Crippen LogP contribution in [0.4, 0.5) is 4.39 Å². The van der Waals surface area contributed by atoms with Gasteiger partial charge in [0.1, 0.15) is 5.82 Å². The summed E-state index contributed by atoms with van der Waals surface area (Å²) in [4.78, 5) is 12.1. The number of halogens is 1. The van der Waals surface area contributed by atoms with Crippen molar-refractivity contribution in [2.24, 2.45) is 11.1 Å². The summed E-state index contributed by atoms with van der Waals surface area (Å²) in [6.45, 7) is 4.04. The van der Waals surface area contributed by atoms with Gasteiger partial charge in [0.25, 0.3) is 5.91 Å². The number of rotatable bonds is 4. The van der Waals surface area contributed by atoms with Crippen LogP contribution in [0.2, 0.25) is 0 Å². The molecule has 0 fully saturated rings. The molecule has 3 N–H and O–H groups in total. The van der Waals surface area contributed by atoms with Gasteiger partial charge in [-0.05, 0) is 24.3 Å². The van der Waals surface area contributed by atoms with Crippen LogP contribution in [0.25, 0.3) is 0 Å². The molecule has 0 aliphatic heterocycles. The van der Waals surface area contributed by atoms with Crippen LogP contribution in [0.5, 0.6) is 0 Å². The molecule has 0 aromatic heterocycles. The van der Waals surface area contributed by atoms with E-state index in [0.717, 1.165) is 0 Å². The van der Waals surface area contributed by atoms with Gasteiger partial charge in [-0.3, -0.25) is 4.79 Å². The average molecular weight is 254 g/mol. The molecule has 0 saturated heterocycles. The van der Waals surface area contributed by atoms with Crippen molar-refractivity contribution in [3.63, 3.8) is 0 Å². The zero-order valence-electron chi connectivity index (χ0n) is 9.79. The fraction of sp³-hybridized carbons (Fsp3) is 0.333. The molecule has 0 unspecified atom stereocenters. The minimum absolute atomic E-state index is 0.269.